The van der Waals surface area contributed by atoms with Crippen LogP contribution in [0.3, 0.4) is 0 Å². The Balaban J connectivity index is 2.05. The maximum absolute atomic E-state index is 12.2. The molecule has 0 bridgehead atoms. The highest BCUT2D eigenvalue weighted by Crippen LogP contribution is 2.31. The van der Waals surface area contributed by atoms with Crippen molar-refractivity contribution in [3.8, 4) is 17.2 Å². The van der Waals surface area contributed by atoms with Gasteiger partial charge in [0.2, 0.25) is 5.43 Å². The molecule has 0 amide bonds. The lowest BCUT2D eigenvalue weighted by atomic mass is 10.1. The first kappa shape index (κ1) is 11.8. The summed E-state index contributed by atoms with van der Waals surface area (Å²) < 4.78 is 5.71. The molecule has 0 aliphatic carbocycles. The van der Waals surface area contributed by atoms with E-state index in [9.17, 15) is 9.90 Å². The lowest BCUT2D eigenvalue weighted by Gasteiger charge is -2.04. The number of aromatic hydroxyl groups is 1. The van der Waals surface area contributed by atoms with Crippen LogP contribution in [0.5, 0.6) is 5.75 Å². The highest BCUT2D eigenvalue weighted by atomic mass is 16.3. The molecule has 2 aromatic heterocycles. The van der Waals surface area contributed by atoms with E-state index in [4.69, 9.17) is 4.42 Å². The zero-order valence-electron chi connectivity index (χ0n) is 11.0. The number of aromatic amines is 1. The Labute approximate surface area is 119 Å². The monoisotopic (exact) mass is 277 g/mol. The van der Waals surface area contributed by atoms with Crippen molar-refractivity contribution < 1.29 is 9.52 Å². The van der Waals surface area contributed by atoms with Crippen LogP contribution in [0.15, 0.2) is 63.8 Å². The third-order valence-electron chi connectivity index (χ3n) is 3.56. The summed E-state index contributed by atoms with van der Waals surface area (Å²) in [5.41, 5.74) is 1.27. The zero-order chi connectivity index (χ0) is 14.4. The van der Waals surface area contributed by atoms with Crippen molar-refractivity contribution in [3.63, 3.8) is 0 Å². The highest BCUT2D eigenvalue weighted by Gasteiger charge is 2.15. The largest absolute Gasteiger partial charge is 0.503 e. The molecule has 0 aliphatic heterocycles. The summed E-state index contributed by atoms with van der Waals surface area (Å²) >= 11 is 0. The molecule has 0 atom stereocenters. The number of nitrogens with one attached hydrogen (secondary N) is 1. The molecule has 0 saturated carbocycles. The van der Waals surface area contributed by atoms with Crippen LogP contribution in [-0.4, -0.2) is 10.1 Å². The van der Waals surface area contributed by atoms with Crippen LogP contribution >= 0.6 is 0 Å². The molecule has 4 rings (SSSR count). The summed E-state index contributed by atoms with van der Waals surface area (Å²) in [4.78, 5) is 15.3. The van der Waals surface area contributed by atoms with Crippen LogP contribution in [0, 0.1) is 0 Å². The third-order valence-corrected chi connectivity index (χ3v) is 3.56. The van der Waals surface area contributed by atoms with Crippen LogP contribution in [0.1, 0.15) is 0 Å². The smallest absolute Gasteiger partial charge is 0.231 e. The first-order valence-corrected chi connectivity index (χ1v) is 6.57. The predicted molar refractivity (Wildman–Crippen MR) is 81.4 cm³/mol. The fourth-order valence-corrected chi connectivity index (χ4v) is 2.51. The number of furan rings is 1. The van der Waals surface area contributed by atoms with Crippen LogP contribution in [-0.2, 0) is 0 Å². The first-order chi connectivity index (χ1) is 10.2. The van der Waals surface area contributed by atoms with Crippen molar-refractivity contribution in [1.29, 1.82) is 0 Å². The lowest BCUT2D eigenvalue weighted by Crippen LogP contribution is -2.04. The Morgan fingerprint density at radius 1 is 1.00 bits per heavy atom. The Hall–Kier alpha value is -3.01. The fraction of sp³-hybridized carbons (Fsp3) is 0. The normalized spacial score (nSPS) is 11.2. The molecule has 4 aromatic rings. The van der Waals surface area contributed by atoms with E-state index in [1.54, 1.807) is 24.3 Å². The Morgan fingerprint density at radius 2 is 1.76 bits per heavy atom. The Kier molecular flexibility index (Phi) is 2.38. The molecule has 4 nitrogen and oxygen atoms in total. The third kappa shape index (κ3) is 1.73. The van der Waals surface area contributed by atoms with Gasteiger partial charge in [0.15, 0.2) is 11.5 Å². The van der Waals surface area contributed by atoms with Gasteiger partial charge in [-0.2, -0.15) is 0 Å². The quantitative estimate of drug-likeness (QED) is 0.558. The molecule has 21 heavy (non-hydrogen) atoms. The maximum Gasteiger partial charge on any atom is 0.231 e. The Morgan fingerprint density at radius 3 is 2.62 bits per heavy atom. The number of pyridine rings is 1. The van der Waals surface area contributed by atoms with E-state index < -0.39 is 5.43 Å². The minimum Gasteiger partial charge on any atom is -0.503 e. The summed E-state index contributed by atoms with van der Waals surface area (Å²) in [5, 5.41) is 11.5. The second kappa shape index (κ2) is 4.24. The summed E-state index contributed by atoms with van der Waals surface area (Å²) in [7, 11) is 0. The van der Waals surface area contributed by atoms with Gasteiger partial charge in [0, 0.05) is 10.8 Å². The summed E-state index contributed by atoms with van der Waals surface area (Å²) in [6, 6.07) is 16.4. The van der Waals surface area contributed by atoms with Gasteiger partial charge in [-0.05, 0) is 24.3 Å². The van der Waals surface area contributed by atoms with Crippen molar-refractivity contribution in [2.45, 2.75) is 0 Å². The van der Waals surface area contributed by atoms with Crippen LogP contribution < -0.4 is 5.43 Å². The van der Waals surface area contributed by atoms with Crippen LogP contribution in [0.4, 0.5) is 0 Å². The molecule has 0 aliphatic rings. The van der Waals surface area contributed by atoms with Gasteiger partial charge in [0.1, 0.15) is 11.3 Å². The van der Waals surface area contributed by atoms with Crippen LogP contribution in [0.2, 0.25) is 0 Å². The second-order valence-electron chi connectivity index (χ2n) is 4.87. The first-order valence-electron chi connectivity index (χ1n) is 6.57. The van der Waals surface area contributed by atoms with Crippen LogP contribution in [0.25, 0.3) is 33.3 Å². The van der Waals surface area contributed by atoms with E-state index >= 15 is 0 Å². The van der Waals surface area contributed by atoms with Gasteiger partial charge in [-0.15, -0.1) is 0 Å². The number of hydrogen-bond acceptors (Lipinski definition) is 3. The van der Waals surface area contributed by atoms with Gasteiger partial charge in [-0.1, -0.05) is 30.3 Å². The van der Waals surface area contributed by atoms with E-state index in [-0.39, 0.29) is 5.75 Å². The molecule has 4 heteroatoms. The van der Waals surface area contributed by atoms with E-state index in [2.05, 4.69) is 4.98 Å². The molecule has 0 radical (unpaired) electrons. The molecule has 0 unspecified atom stereocenters. The van der Waals surface area contributed by atoms with Gasteiger partial charge in [0.05, 0.1) is 5.52 Å². The molecule has 0 fully saturated rings. The number of benzene rings is 2. The fourth-order valence-electron chi connectivity index (χ4n) is 2.51. The molecule has 0 spiro atoms. The van der Waals surface area contributed by atoms with E-state index in [1.807, 2.05) is 30.3 Å². The van der Waals surface area contributed by atoms with E-state index in [0.717, 1.165) is 5.39 Å². The van der Waals surface area contributed by atoms with Crippen molar-refractivity contribution in [2.75, 3.05) is 0 Å². The molecule has 2 aromatic carbocycles. The van der Waals surface area contributed by atoms with Gasteiger partial charge >= 0.3 is 0 Å². The number of hydrogen-bond donors (Lipinski definition) is 2. The lowest BCUT2D eigenvalue weighted by molar-refractivity contribution is 0.468. The zero-order valence-corrected chi connectivity index (χ0v) is 11.0. The average molecular weight is 277 g/mol. The van der Waals surface area contributed by atoms with Crippen molar-refractivity contribution in [3.05, 3.63) is 64.8 Å². The maximum atomic E-state index is 12.2. The number of aromatic nitrogens is 1. The van der Waals surface area contributed by atoms with Crippen molar-refractivity contribution >= 4 is 21.9 Å². The molecular weight excluding hydrogens is 266 g/mol. The molecule has 102 valence electrons. The average Bonchev–Trinajstić information content (AvgIpc) is 2.94. The number of fused-ring (bicyclic) bond motifs is 2. The predicted octanol–water partition coefficient (Wildman–Crippen LogP) is 3.65. The number of rotatable bonds is 1. The summed E-state index contributed by atoms with van der Waals surface area (Å²) in [5.74, 6) is 0.115. The van der Waals surface area contributed by atoms with Gasteiger partial charge in [-0.3, -0.25) is 4.79 Å². The molecule has 2 N–H and O–H groups in total. The van der Waals surface area contributed by atoms with E-state index in [1.165, 1.54) is 0 Å². The summed E-state index contributed by atoms with van der Waals surface area (Å²) in [6.07, 6.45) is 0. The summed E-state index contributed by atoms with van der Waals surface area (Å²) in [6.45, 7) is 0. The standard InChI is InChI=1S/C17H11NO3/c19-16-11-6-2-3-7-12(11)18-15(17(16)20)14-9-10-5-1-4-8-13(10)21-14/h1-9,20H,(H,18,19). The molecular formula is C17H11NO3. The minimum absolute atomic E-state index is 0.301. The number of H-pyrrole nitrogens is 1. The van der Waals surface area contributed by atoms with E-state index in [0.29, 0.717) is 27.9 Å². The van der Waals surface area contributed by atoms with Gasteiger partial charge in [-0.25, -0.2) is 0 Å². The van der Waals surface area contributed by atoms with Crippen molar-refractivity contribution in [2.24, 2.45) is 0 Å². The SMILES string of the molecule is O=c1c(O)c(-c2cc3ccccc3o2)[nH]c2ccccc12. The minimum atomic E-state index is -0.403. The topological polar surface area (TPSA) is 66.2 Å². The molecule has 0 saturated heterocycles. The Bertz CT molecular complexity index is 994. The van der Waals surface area contributed by atoms with Crippen molar-refractivity contribution in [1.82, 2.24) is 4.98 Å². The van der Waals surface area contributed by atoms with Gasteiger partial charge < -0.3 is 14.5 Å². The second-order valence-corrected chi connectivity index (χ2v) is 4.87. The highest BCUT2D eigenvalue weighted by molar-refractivity contribution is 5.87. The number of para-hydroxylation sites is 2. The van der Waals surface area contributed by atoms with Gasteiger partial charge in [0.25, 0.3) is 0 Å². The molecule has 2 heterocycles.